The van der Waals surface area contributed by atoms with E-state index < -0.39 is 0 Å². The Morgan fingerprint density at radius 1 is 1.59 bits per heavy atom. The molecule has 4 heteroatoms. The molecule has 0 bridgehead atoms. The Balaban J connectivity index is 2.87. The average molecular weight is 221 g/mol. The molecule has 0 aliphatic heterocycles. The van der Waals surface area contributed by atoms with Crippen LogP contribution in [0.1, 0.15) is 22.8 Å². The van der Waals surface area contributed by atoms with Gasteiger partial charge >= 0.3 is 0 Å². The molecule has 0 unspecified atom stereocenters. The van der Waals surface area contributed by atoms with E-state index in [2.05, 4.69) is 9.83 Å². The largest absolute Gasteiger partial charge is 0.289 e. The van der Waals surface area contributed by atoms with E-state index in [1.165, 1.54) is 12.4 Å². The minimum absolute atomic E-state index is 0.0711. The van der Waals surface area contributed by atoms with Crippen molar-refractivity contribution < 1.29 is 4.79 Å². The molecule has 2 rings (SSSR count). The fraction of sp³-hybridized carbons (Fsp3) is 0.0769. The summed E-state index contributed by atoms with van der Waals surface area (Å²) in [4.78, 5) is 19.1. The van der Waals surface area contributed by atoms with Crippen LogP contribution in [-0.4, -0.2) is 10.8 Å². The van der Waals surface area contributed by atoms with Gasteiger partial charge in [-0.2, -0.15) is 0 Å². The van der Waals surface area contributed by atoms with E-state index >= 15 is 0 Å². The van der Waals surface area contributed by atoms with Gasteiger partial charge < -0.3 is 0 Å². The van der Waals surface area contributed by atoms with Crippen molar-refractivity contribution in [3.8, 4) is 6.07 Å². The van der Waals surface area contributed by atoms with Gasteiger partial charge in [0.05, 0.1) is 12.6 Å². The van der Waals surface area contributed by atoms with Crippen LogP contribution in [0.3, 0.4) is 0 Å². The fourth-order valence-electron chi connectivity index (χ4n) is 1.86. The lowest BCUT2D eigenvalue weighted by Gasteiger charge is -1.99. The van der Waals surface area contributed by atoms with Crippen LogP contribution in [0.5, 0.6) is 0 Å². The highest BCUT2D eigenvalue weighted by atomic mass is 16.1. The number of fused-ring (bicyclic) bond motifs is 1. The molecule has 1 aliphatic carbocycles. The zero-order valence-corrected chi connectivity index (χ0v) is 9.06. The third kappa shape index (κ3) is 1.44. The zero-order chi connectivity index (χ0) is 12.4. The lowest BCUT2D eigenvalue weighted by Crippen LogP contribution is -1.94. The van der Waals surface area contributed by atoms with E-state index in [0.717, 1.165) is 0 Å². The third-order valence-corrected chi connectivity index (χ3v) is 2.59. The zero-order valence-electron chi connectivity index (χ0n) is 9.06. The summed E-state index contributed by atoms with van der Waals surface area (Å²) >= 11 is 0. The first kappa shape index (κ1) is 10.8. The summed E-state index contributed by atoms with van der Waals surface area (Å²) in [7, 11) is 0. The number of rotatable bonds is 0. The SMILES string of the molecule is [C-]#[N+]C(C#N)=C1/C(=C/C)C(=O)c2ccncc21. The molecule has 0 atom stereocenters. The second kappa shape index (κ2) is 4.03. The smallest absolute Gasteiger partial charge is 0.270 e. The third-order valence-electron chi connectivity index (χ3n) is 2.59. The Morgan fingerprint density at radius 2 is 2.35 bits per heavy atom. The number of Topliss-reactive ketones (excluding diaryl/α,β-unsaturated/α-hetero) is 1. The lowest BCUT2D eigenvalue weighted by atomic mass is 10.0. The molecule has 1 aromatic heterocycles. The quantitative estimate of drug-likeness (QED) is 0.384. The number of ketones is 1. The number of carbonyl (C=O) groups is 1. The first-order valence-electron chi connectivity index (χ1n) is 4.92. The maximum atomic E-state index is 12.0. The van der Waals surface area contributed by atoms with E-state index in [0.29, 0.717) is 22.3 Å². The van der Waals surface area contributed by atoms with Crippen LogP contribution in [0.15, 0.2) is 35.8 Å². The maximum absolute atomic E-state index is 12.0. The molecule has 0 aromatic carbocycles. The topological polar surface area (TPSA) is 58.1 Å². The van der Waals surface area contributed by atoms with Gasteiger partial charge in [0.1, 0.15) is 0 Å². The van der Waals surface area contributed by atoms with Gasteiger partial charge in [0.2, 0.25) is 0 Å². The number of hydrogen-bond donors (Lipinski definition) is 0. The van der Waals surface area contributed by atoms with Crippen molar-refractivity contribution in [2.24, 2.45) is 0 Å². The highest BCUT2D eigenvalue weighted by molar-refractivity contribution is 6.27. The molecule has 0 saturated carbocycles. The Bertz CT molecular complexity index is 638. The molecule has 0 radical (unpaired) electrons. The summed E-state index contributed by atoms with van der Waals surface area (Å²) < 4.78 is 0. The number of allylic oxidation sites excluding steroid dienone is 4. The second-order valence-electron chi connectivity index (χ2n) is 3.40. The van der Waals surface area contributed by atoms with Gasteiger partial charge in [0, 0.05) is 34.7 Å². The predicted molar refractivity (Wildman–Crippen MR) is 61.5 cm³/mol. The van der Waals surface area contributed by atoms with Gasteiger partial charge in [-0.15, -0.1) is 0 Å². The first-order valence-corrected chi connectivity index (χ1v) is 4.92. The molecular weight excluding hydrogens is 214 g/mol. The van der Waals surface area contributed by atoms with Gasteiger partial charge in [-0.1, -0.05) is 6.08 Å². The molecular formula is C13H7N3O. The van der Waals surface area contributed by atoms with Crippen molar-refractivity contribution in [2.75, 3.05) is 0 Å². The molecule has 0 spiro atoms. The summed E-state index contributed by atoms with van der Waals surface area (Å²) in [6.07, 6.45) is 4.67. The van der Waals surface area contributed by atoms with E-state index in [1.807, 2.05) is 6.07 Å². The van der Waals surface area contributed by atoms with Gasteiger partial charge in [0.15, 0.2) is 5.78 Å². The minimum Gasteiger partial charge on any atom is -0.289 e. The van der Waals surface area contributed by atoms with Crippen LogP contribution in [0, 0.1) is 17.9 Å². The van der Waals surface area contributed by atoms with Crippen molar-refractivity contribution in [1.29, 1.82) is 5.26 Å². The Labute approximate surface area is 98.3 Å². The van der Waals surface area contributed by atoms with E-state index in [9.17, 15) is 4.79 Å². The molecule has 17 heavy (non-hydrogen) atoms. The molecule has 80 valence electrons. The van der Waals surface area contributed by atoms with Crippen LogP contribution in [0.25, 0.3) is 10.4 Å². The van der Waals surface area contributed by atoms with Crippen molar-refractivity contribution in [2.45, 2.75) is 6.92 Å². The number of aromatic nitrogens is 1. The summed E-state index contributed by atoms with van der Waals surface area (Å²) in [5.74, 6) is -0.156. The molecule has 0 amide bonds. The number of carbonyl (C=O) groups excluding carboxylic acids is 1. The van der Waals surface area contributed by atoms with Gasteiger partial charge in [-0.25, -0.2) is 10.1 Å². The van der Waals surface area contributed by atoms with Gasteiger partial charge in [-0.05, 0) is 13.0 Å². The molecule has 1 heterocycles. The monoisotopic (exact) mass is 221 g/mol. The normalized spacial score (nSPS) is 18.5. The molecule has 1 aliphatic rings. The fourth-order valence-corrected chi connectivity index (χ4v) is 1.86. The lowest BCUT2D eigenvalue weighted by molar-refractivity contribution is 0.104. The Morgan fingerprint density at radius 3 is 2.94 bits per heavy atom. The van der Waals surface area contributed by atoms with Crippen LogP contribution < -0.4 is 0 Å². The van der Waals surface area contributed by atoms with Crippen molar-refractivity contribution in [3.05, 3.63) is 58.4 Å². The van der Waals surface area contributed by atoms with Crippen LogP contribution >= 0.6 is 0 Å². The molecule has 4 nitrogen and oxygen atoms in total. The minimum atomic E-state index is -0.156. The molecule has 0 N–H and O–H groups in total. The summed E-state index contributed by atoms with van der Waals surface area (Å²) in [5.41, 5.74) is 1.80. The van der Waals surface area contributed by atoms with Crippen molar-refractivity contribution >= 4 is 11.4 Å². The summed E-state index contributed by atoms with van der Waals surface area (Å²) in [5, 5.41) is 8.93. The van der Waals surface area contributed by atoms with Gasteiger partial charge in [-0.3, -0.25) is 9.78 Å². The van der Waals surface area contributed by atoms with Crippen LogP contribution in [-0.2, 0) is 0 Å². The maximum Gasteiger partial charge on any atom is 0.270 e. The highest BCUT2D eigenvalue weighted by Crippen LogP contribution is 2.38. The average Bonchev–Trinajstić information content (AvgIpc) is 2.65. The summed E-state index contributed by atoms with van der Waals surface area (Å²) in [6.45, 7) is 8.70. The number of nitrogens with zero attached hydrogens (tertiary/aromatic N) is 3. The van der Waals surface area contributed by atoms with E-state index in [1.54, 1.807) is 19.1 Å². The van der Waals surface area contributed by atoms with Crippen molar-refractivity contribution in [3.63, 3.8) is 0 Å². The second-order valence-corrected chi connectivity index (χ2v) is 3.40. The van der Waals surface area contributed by atoms with Gasteiger partial charge in [0.25, 0.3) is 5.70 Å². The van der Waals surface area contributed by atoms with E-state index in [-0.39, 0.29) is 11.5 Å². The molecule has 0 saturated heterocycles. The van der Waals surface area contributed by atoms with Crippen LogP contribution in [0.2, 0.25) is 0 Å². The Hall–Kier alpha value is -2.72. The number of hydrogen-bond acceptors (Lipinski definition) is 3. The molecule has 0 fully saturated rings. The van der Waals surface area contributed by atoms with E-state index in [4.69, 9.17) is 11.8 Å². The standard InChI is InChI=1S/C13H7N3O/c1-3-8-12(11(6-14)15-2)10-7-16-5-4-9(10)13(8)17/h3-5,7H,1H3/b8-3-,12-11?. The first-order chi connectivity index (χ1) is 8.24. The molecule has 1 aromatic rings. The summed E-state index contributed by atoms with van der Waals surface area (Å²) in [6, 6.07) is 3.43. The number of nitriles is 1. The number of pyridine rings is 1. The van der Waals surface area contributed by atoms with Crippen LogP contribution in [0.4, 0.5) is 0 Å². The Kier molecular flexibility index (Phi) is 2.56. The van der Waals surface area contributed by atoms with Crippen molar-refractivity contribution in [1.82, 2.24) is 4.98 Å². The highest BCUT2D eigenvalue weighted by Gasteiger charge is 2.31. The predicted octanol–water partition coefficient (Wildman–Crippen LogP) is 2.38.